The van der Waals surface area contributed by atoms with Crippen molar-refractivity contribution in [3.05, 3.63) is 71.5 Å². The molecule has 0 fully saturated rings. The summed E-state index contributed by atoms with van der Waals surface area (Å²) in [4.78, 5) is 23.9. The van der Waals surface area contributed by atoms with Gasteiger partial charge in [-0.3, -0.25) is 4.79 Å². The van der Waals surface area contributed by atoms with Gasteiger partial charge in [0, 0.05) is 18.4 Å². The summed E-state index contributed by atoms with van der Waals surface area (Å²) in [5.74, 6) is -0.237. The first-order valence-electron chi connectivity index (χ1n) is 8.50. The average molecular weight is 363 g/mol. The number of urea groups is 1. The molecule has 0 aliphatic rings. The monoisotopic (exact) mass is 363 g/mol. The van der Waals surface area contributed by atoms with E-state index < -0.39 is 0 Å². The van der Waals surface area contributed by atoms with Crippen LogP contribution in [0.1, 0.15) is 21.6 Å². The molecule has 1 heterocycles. The third kappa shape index (κ3) is 3.98. The summed E-state index contributed by atoms with van der Waals surface area (Å²) in [7, 11) is 1.55. The van der Waals surface area contributed by atoms with Gasteiger partial charge in [-0.15, -0.1) is 0 Å². The van der Waals surface area contributed by atoms with Gasteiger partial charge in [-0.1, -0.05) is 18.2 Å². The molecule has 0 radical (unpaired) electrons. The molecule has 0 aliphatic heterocycles. The fourth-order valence-corrected chi connectivity index (χ4v) is 2.71. The Morgan fingerprint density at radius 3 is 2.19 bits per heavy atom. The number of hydrogen-bond donors (Lipinski definition) is 3. The first kappa shape index (κ1) is 18.2. The first-order chi connectivity index (χ1) is 13.0. The zero-order chi connectivity index (χ0) is 19.4. The molecule has 7 heteroatoms. The molecule has 0 saturated carbocycles. The van der Waals surface area contributed by atoms with E-state index in [0.717, 1.165) is 16.9 Å². The van der Waals surface area contributed by atoms with E-state index in [2.05, 4.69) is 21.0 Å². The fourth-order valence-electron chi connectivity index (χ4n) is 2.71. The number of nitrogens with zero attached hydrogens (tertiary/aromatic N) is 2. The van der Waals surface area contributed by atoms with Gasteiger partial charge in [-0.2, -0.15) is 5.10 Å². The van der Waals surface area contributed by atoms with Gasteiger partial charge < -0.3 is 16.0 Å². The second kappa shape index (κ2) is 7.74. The molecular weight excluding hydrogens is 342 g/mol. The van der Waals surface area contributed by atoms with Crippen molar-refractivity contribution >= 4 is 23.3 Å². The zero-order valence-electron chi connectivity index (χ0n) is 15.4. The van der Waals surface area contributed by atoms with E-state index in [-0.39, 0.29) is 11.9 Å². The molecule has 3 rings (SSSR count). The van der Waals surface area contributed by atoms with E-state index in [9.17, 15) is 9.59 Å². The van der Waals surface area contributed by atoms with Gasteiger partial charge in [0.05, 0.1) is 23.1 Å². The summed E-state index contributed by atoms with van der Waals surface area (Å²) in [6, 6.07) is 14.5. The van der Waals surface area contributed by atoms with Crippen LogP contribution in [-0.4, -0.2) is 28.8 Å². The van der Waals surface area contributed by atoms with Gasteiger partial charge in [0.15, 0.2) is 0 Å². The number of aryl methyl sites for hydroxylation is 1. The lowest BCUT2D eigenvalue weighted by Crippen LogP contribution is -2.24. The molecule has 138 valence electrons. The van der Waals surface area contributed by atoms with Gasteiger partial charge in [-0.25, -0.2) is 9.48 Å². The summed E-state index contributed by atoms with van der Waals surface area (Å²) in [6.07, 6.45) is 1.57. The molecule has 0 saturated heterocycles. The van der Waals surface area contributed by atoms with Crippen molar-refractivity contribution in [2.75, 3.05) is 17.7 Å². The Bertz CT molecular complexity index is 976. The number of para-hydroxylation sites is 1. The minimum atomic E-state index is -0.300. The molecule has 2 aromatic carbocycles. The quantitative estimate of drug-likeness (QED) is 0.663. The standard InChI is InChI=1S/C20H21N5O2/c1-13-6-4-5-7-18(13)25-14(2)17(12-22-25)19(26)23-15-8-10-16(11-9-15)24-20(27)21-3/h4-12H,1-3H3,(H,23,26)(H2,21,24,27). The molecule has 27 heavy (non-hydrogen) atoms. The maximum Gasteiger partial charge on any atom is 0.318 e. The van der Waals surface area contributed by atoms with Crippen LogP contribution in [0.4, 0.5) is 16.2 Å². The number of hydrogen-bond acceptors (Lipinski definition) is 3. The highest BCUT2D eigenvalue weighted by Crippen LogP contribution is 2.19. The van der Waals surface area contributed by atoms with Crippen LogP contribution in [0, 0.1) is 13.8 Å². The molecule has 0 spiro atoms. The fraction of sp³-hybridized carbons (Fsp3) is 0.150. The third-order valence-electron chi connectivity index (χ3n) is 4.23. The summed E-state index contributed by atoms with van der Waals surface area (Å²) < 4.78 is 1.76. The highest BCUT2D eigenvalue weighted by atomic mass is 16.2. The SMILES string of the molecule is CNC(=O)Nc1ccc(NC(=O)c2cnn(-c3ccccc3C)c2C)cc1. The van der Waals surface area contributed by atoms with E-state index in [0.29, 0.717) is 16.9 Å². The van der Waals surface area contributed by atoms with Crippen molar-refractivity contribution in [2.24, 2.45) is 0 Å². The Morgan fingerprint density at radius 1 is 0.926 bits per heavy atom. The normalized spacial score (nSPS) is 10.3. The topological polar surface area (TPSA) is 88.1 Å². The van der Waals surface area contributed by atoms with Crippen molar-refractivity contribution in [2.45, 2.75) is 13.8 Å². The molecule has 3 aromatic rings. The summed E-state index contributed by atoms with van der Waals surface area (Å²) in [6.45, 7) is 3.87. The van der Waals surface area contributed by atoms with Gasteiger partial charge in [0.2, 0.25) is 0 Å². The third-order valence-corrected chi connectivity index (χ3v) is 4.23. The van der Waals surface area contributed by atoms with Gasteiger partial charge in [-0.05, 0) is 49.7 Å². The van der Waals surface area contributed by atoms with Crippen LogP contribution in [0.3, 0.4) is 0 Å². The maximum absolute atomic E-state index is 12.6. The van der Waals surface area contributed by atoms with Gasteiger partial charge >= 0.3 is 6.03 Å². The molecule has 3 N–H and O–H groups in total. The summed E-state index contributed by atoms with van der Waals surface area (Å²) in [5, 5.41) is 12.4. The lowest BCUT2D eigenvalue weighted by Gasteiger charge is -2.09. The number of carbonyl (C=O) groups excluding carboxylic acids is 2. The molecule has 0 unspecified atom stereocenters. The first-order valence-corrected chi connectivity index (χ1v) is 8.50. The molecule has 7 nitrogen and oxygen atoms in total. The van der Waals surface area contributed by atoms with Crippen molar-refractivity contribution in [3.8, 4) is 5.69 Å². The number of rotatable bonds is 4. The molecule has 0 bridgehead atoms. The van der Waals surface area contributed by atoms with E-state index in [1.807, 2.05) is 38.1 Å². The Labute approximate surface area is 157 Å². The minimum absolute atomic E-state index is 0.237. The molecule has 0 aliphatic carbocycles. The second-order valence-electron chi connectivity index (χ2n) is 6.08. The van der Waals surface area contributed by atoms with E-state index in [1.165, 1.54) is 0 Å². The Morgan fingerprint density at radius 2 is 1.56 bits per heavy atom. The van der Waals surface area contributed by atoms with Crippen LogP contribution >= 0.6 is 0 Å². The second-order valence-corrected chi connectivity index (χ2v) is 6.08. The van der Waals surface area contributed by atoms with Gasteiger partial charge in [0.1, 0.15) is 0 Å². The van der Waals surface area contributed by atoms with Crippen LogP contribution in [0.2, 0.25) is 0 Å². The van der Waals surface area contributed by atoms with Crippen LogP contribution in [0.25, 0.3) is 5.69 Å². The van der Waals surface area contributed by atoms with E-state index >= 15 is 0 Å². The number of aromatic nitrogens is 2. The zero-order valence-corrected chi connectivity index (χ0v) is 15.4. The van der Waals surface area contributed by atoms with Crippen molar-refractivity contribution in [1.29, 1.82) is 0 Å². The van der Waals surface area contributed by atoms with Crippen molar-refractivity contribution in [1.82, 2.24) is 15.1 Å². The van der Waals surface area contributed by atoms with Crippen LogP contribution < -0.4 is 16.0 Å². The Kier molecular flexibility index (Phi) is 5.21. The predicted molar refractivity (Wildman–Crippen MR) is 106 cm³/mol. The molecule has 0 atom stereocenters. The molecular formula is C20H21N5O2. The highest BCUT2D eigenvalue weighted by molar-refractivity contribution is 6.05. The van der Waals surface area contributed by atoms with Crippen LogP contribution in [0.15, 0.2) is 54.7 Å². The van der Waals surface area contributed by atoms with E-state index in [4.69, 9.17) is 0 Å². The van der Waals surface area contributed by atoms with Gasteiger partial charge in [0.25, 0.3) is 5.91 Å². The Hall–Kier alpha value is -3.61. The summed E-state index contributed by atoms with van der Waals surface area (Å²) >= 11 is 0. The number of amides is 3. The Balaban J connectivity index is 1.75. The summed E-state index contributed by atoms with van der Waals surface area (Å²) in [5.41, 5.74) is 4.56. The molecule has 3 amide bonds. The number of benzene rings is 2. The number of anilines is 2. The lowest BCUT2D eigenvalue weighted by atomic mass is 10.2. The van der Waals surface area contributed by atoms with Crippen molar-refractivity contribution < 1.29 is 9.59 Å². The predicted octanol–water partition coefficient (Wildman–Crippen LogP) is 3.49. The lowest BCUT2D eigenvalue weighted by molar-refractivity contribution is 0.102. The smallest absolute Gasteiger partial charge is 0.318 e. The number of nitrogens with one attached hydrogen (secondary N) is 3. The van der Waals surface area contributed by atoms with Crippen LogP contribution in [0.5, 0.6) is 0 Å². The van der Waals surface area contributed by atoms with Crippen LogP contribution in [-0.2, 0) is 0 Å². The van der Waals surface area contributed by atoms with E-state index in [1.54, 1.807) is 42.2 Å². The van der Waals surface area contributed by atoms with Crippen molar-refractivity contribution in [3.63, 3.8) is 0 Å². The number of carbonyl (C=O) groups is 2. The minimum Gasteiger partial charge on any atom is -0.341 e. The maximum atomic E-state index is 12.6. The highest BCUT2D eigenvalue weighted by Gasteiger charge is 2.16. The molecule has 1 aromatic heterocycles. The largest absolute Gasteiger partial charge is 0.341 e. The average Bonchev–Trinajstić information content (AvgIpc) is 3.05.